The quantitative estimate of drug-likeness (QED) is 0.540. The van der Waals surface area contributed by atoms with Crippen LogP contribution in [0.4, 0.5) is 4.79 Å². The van der Waals surface area contributed by atoms with E-state index in [1.807, 2.05) is 6.07 Å². The fourth-order valence-electron chi connectivity index (χ4n) is 4.98. The van der Waals surface area contributed by atoms with Gasteiger partial charge in [0.2, 0.25) is 0 Å². The zero-order valence-corrected chi connectivity index (χ0v) is 20.1. The molecule has 1 amide bonds. The Morgan fingerprint density at radius 1 is 1.10 bits per heavy atom. The summed E-state index contributed by atoms with van der Waals surface area (Å²) >= 11 is 3.70. The van der Waals surface area contributed by atoms with Crippen LogP contribution in [0.15, 0.2) is 22.7 Å². The van der Waals surface area contributed by atoms with Crippen molar-refractivity contribution < 1.29 is 14.3 Å². The van der Waals surface area contributed by atoms with Crippen molar-refractivity contribution in [2.45, 2.75) is 63.8 Å². The van der Waals surface area contributed by atoms with Gasteiger partial charge < -0.3 is 19.7 Å². The number of likely N-dealkylation sites (tertiary alicyclic amines) is 1. The molecule has 168 valence electrons. The number of alkyl carbamates (subject to hydrolysis) is 1. The topological polar surface area (TPSA) is 50.8 Å². The van der Waals surface area contributed by atoms with Crippen LogP contribution in [0.3, 0.4) is 0 Å². The second-order valence-electron chi connectivity index (χ2n) is 8.94. The molecule has 0 unspecified atom stereocenters. The maximum atomic E-state index is 11.3. The van der Waals surface area contributed by atoms with Gasteiger partial charge >= 0.3 is 6.09 Å². The summed E-state index contributed by atoms with van der Waals surface area (Å²) in [5.74, 6) is 2.53. The van der Waals surface area contributed by atoms with Crippen molar-refractivity contribution in [1.29, 1.82) is 0 Å². The van der Waals surface area contributed by atoms with Crippen molar-refractivity contribution in [3.8, 4) is 5.75 Å². The Morgan fingerprint density at radius 3 is 2.50 bits per heavy atom. The molecule has 6 heteroatoms. The van der Waals surface area contributed by atoms with Crippen LogP contribution in [-0.4, -0.2) is 50.9 Å². The molecule has 0 radical (unpaired) electrons. The molecule has 1 N–H and O–H groups in total. The van der Waals surface area contributed by atoms with Crippen LogP contribution in [0.2, 0.25) is 0 Å². The van der Waals surface area contributed by atoms with E-state index in [0.29, 0.717) is 6.04 Å². The Bertz CT molecular complexity index is 668. The van der Waals surface area contributed by atoms with Crippen LogP contribution in [0, 0.1) is 11.8 Å². The van der Waals surface area contributed by atoms with Gasteiger partial charge in [0.25, 0.3) is 0 Å². The number of hydrogen-bond donors (Lipinski definition) is 1. The zero-order valence-electron chi connectivity index (χ0n) is 18.5. The molecule has 1 heterocycles. The van der Waals surface area contributed by atoms with Crippen LogP contribution in [0.25, 0.3) is 0 Å². The summed E-state index contributed by atoms with van der Waals surface area (Å²) in [5.41, 5.74) is 1.37. The number of methoxy groups -OCH3 is 2. The number of ether oxygens (including phenoxy) is 2. The number of halogens is 1. The number of carbonyl (C=O) groups is 1. The summed E-state index contributed by atoms with van der Waals surface area (Å²) in [4.78, 5) is 14.0. The Labute approximate surface area is 190 Å². The largest absolute Gasteiger partial charge is 0.497 e. The third-order valence-corrected chi connectivity index (χ3v) is 7.68. The van der Waals surface area contributed by atoms with Gasteiger partial charge in [-0.1, -0.05) is 15.9 Å². The van der Waals surface area contributed by atoms with E-state index in [1.54, 1.807) is 7.11 Å². The van der Waals surface area contributed by atoms with E-state index in [-0.39, 0.29) is 6.09 Å². The molecular weight excluding hydrogens is 444 g/mol. The molecule has 1 aromatic carbocycles. The van der Waals surface area contributed by atoms with Gasteiger partial charge in [-0.05, 0) is 113 Å². The molecule has 1 aliphatic heterocycles. The van der Waals surface area contributed by atoms with Gasteiger partial charge in [-0.2, -0.15) is 0 Å². The number of benzene rings is 1. The van der Waals surface area contributed by atoms with Crippen LogP contribution in [0.5, 0.6) is 5.75 Å². The predicted molar refractivity (Wildman–Crippen MR) is 124 cm³/mol. The van der Waals surface area contributed by atoms with Crippen molar-refractivity contribution >= 4 is 22.0 Å². The maximum absolute atomic E-state index is 11.3. The fraction of sp³-hybridized carbons (Fsp3) is 0.708. The van der Waals surface area contributed by atoms with Gasteiger partial charge in [-0.15, -0.1) is 0 Å². The molecule has 0 bridgehead atoms. The minimum absolute atomic E-state index is 0.291. The lowest BCUT2D eigenvalue weighted by Crippen LogP contribution is -2.37. The lowest BCUT2D eigenvalue weighted by Gasteiger charge is -2.33. The van der Waals surface area contributed by atoms with E-state index >= 15 is 0 Å². The van der Waals surface area contributed by atoms with Gasteiger partial charge in [0, 0.05) is 10.5 Å². The maximum Gasteiger partial charge on any atom is 0.407 e. The highest BCUT2D eigenvalue weighted by Crippen LogP contribution is 2.30. The third-order valence-electron chi connectivity index (χ3n) is 6.91. The molecule has 30 heavy (non-hydrogen) atoms. The molecule has 3 rings (SSSR count). The monoisotopic (exact) mass is 480 g/mol. The predicted octanol–water partition coefficient (Wildman–Crippen LogP) is 5.41. The molecule has 2 aliphatic rings. The van der Waals surface area contributed by atoms with Gasteiger partial charge in [0.1, 0.15) is 5.75 Å². The number of carbonyl (C=O) groups excluding carboxylic acids is 1. The first-order valence-corrected chi connectivity index (χ1v) is 12.3. The minimum Gasteiger partial charge on any atom is -0.497 e. The zero-order chi connectivity index (χ0) is 21.3. The summed E-state index contributed by atoms with van der Waals surface area (Å²) in [6.45, 7) is 3.68. The number of piperidine rings is 1. The lowest BCUT2D eigenvalue weighted by atomic mass is 9.83. The van der Waals surface area contributed by atoms with E-state index in [2.05, 4.69) is 38.3 Å². The number of hydrogen-bond acceptors (Lipinski definition) is 4. The first-order valence-electron chi connectivity index (χ1n) is 11.5. The highest BCUT2D eigenvalue weighted by atomic mass is 79.9. The van der Waals surface area contributed by atoms with Gasteiger partial charge in [-0.25, -0.2) is 4.79 Å². The molecule has 0 spiro atoms. The highest BCUT2D eigenvalue weighted by molar-refractivity contribution is 9.10. The molecule has 2 fully saturated rings. The third kappa shape index (κ3) is 7.16. The van der Waals surface area contributed by atoms with E-state index in [0.717, 1.165) is 36.8 Å². The number of nitrogens with zero attached hydrogens (tertiary/aromatic N) is 1. The normalized spacial score (nSPS) is 23.2. The summed E-state index contributed by atoms with van der Waals surface area (Å²) in [5, 5.41) is 2.95. The molecule has 1 saturated heterocycles. The highest BCUT2D eigenvalue weighted by Gasteiger charge is 2.24. The summed E-state index contributed by atoms with van der Waals surface area (Å²) < 4.78 is 11.3. The number of amides is 1. The van der Waals surface area contributed by atoms with Crippen molar-refractivity contribution in [2.24, 2.45) is 11.8 Å². The Morgan fingerprint density at radius 2 is 1.83 bits per heavy atom. The van der Waals surface area contributed by atoms with E-state index in [9.17, 15) is 4.79 Å². The average Bonchev–Trinajstić information content (AvgIpc) is 2.77. The second-order valence-corrected chi connectivity index (χ2v) is 9.80. The minimum atomic E-state index is -0.291. The number of nitrogens with one attached hydrogen (secondary N) is 1. The molecule has 0 atom stereocenters. The summed E-state index contributed by atoms with van der Waals surface area (Å²) in [6.07, 6.45) is 10.7. The first-order chi connectivity index (χ1) is 14.6. The smallest absolute Gasteiger partial charge is 0.407 e. The lowest BCUT2D eigenvalue weighted by molar-refractivity contribution is 0.157. The second kappa shape index (κ2) is 11.9. The Hall–Kier alpha value is -1.27. The van der Waals surface area contributed by atoms with Gasteiger partial charge in [0.05, 0.1) is 14.2 Å². The summed E-state index contributed by atoms with van der Waals surface area (Å²) in [7, 11) is 3.16. The van der Waals surface area contributed by atoms with E-state index in [4.69, 9.17) is 9.47 Å². The van der Waals surface area contributed by atoms with Crippen LogP contribution < -0.4 is 10.1 Å². The number of rotatable bonds is 8. The van der Waals surface area contributed by atoms with E-state index < -0.39 is 0 Å². The first kappa shape index (κ1) is 23.4. The standard InChI is InChI=1S/C24H37BrN2O3/c1-29-22-9-10-23(25)20(17-22)16-19-11-14-27(15-12-19)13-3-4-18-5-7-21(8-6-18)26-24(28)30-2/h9-10,17-19,21H,3-8,11-16H2,1-2H3,(H,26,28). The molecule has 1 aromatic rings. The summed E-state index contributed by atoms with van der Waals surface area (Å²) in [6, 6.07) is 6.59. The van der Waals surface area contributed by atoms with Crippen molar-refractivity contribution in [1.82, 2.24) is 10.2 Å². The van der Waals surface area contributed by atoms with Crippen LogP contribution in [-0.2, 0) is 11.2 Å². The molecular formula is C24H37BrN2O3. The van der Waals surface area contributed by atoms with Crippen LogP contribution >= 0.6 is 15.9 Å². The van der Waals surface area contributed by atoms with Crippen molar-refractivity contribution in [2.75, 3.05) is 33.9 Å². The van der Waals surface area contributed by atoms with E-state index in [1.165, 1.54) is 75.3 Å². The Kier molecular flexibility index (Phi) is 9.31. The van der Waals surface area contributed by atoms with Crippen molar-refractivity contribution in [3.05, 3.63) is 28.2 Å². The average molecular weight is 481 g/mol. The SMILES string of the molecule is COC(=O)NC1CCC(CCCN2CCC(Cc3cc(OC)ccc3Br)CC2)CC1. The molecule has 1 aliphatic carbocycles. The van der Waals surface area contributed by atoms with Gasteiger partial charge in [-0.3, -0.25) is 0 Å². The Balaban J connectivity index is 1.30. The molecule has 1 saturated carbocycles. The van der Waals surface area contributed by atoms with Crippen LogP contribution in [0.1, 0.15) is 56.9 Å². The molecule has 0 aromatic heterocycles. The van der Waals surface area contributed by atoms with Gasteiger partial charge in [0.15, 0.2) is 0 Å². The fourth-order valence-corrected chi connectivity index (χ4v) is 5.39. The van der Waals surface area contributed by atoms with Crippen molar-refractivity contribution in [3.63, 3.8) is 0 Å². The molecule has 5 nitrogen and oxygen atoms in total.